The molecule has 2 heterocycles. The number of nitrogens with zero attached hydrogens (tertiary/aromatic N) is 3. The van der Waals surface area contributed by atoms with Crippen molar-refractivity contribution in [3.05, 3.63) is 24.0 Å². The average Bonchev–Trinajstić information content (AvgIpc) is 2.65. The highest BCUT2D eigenvalue weighted by atomic mass is 16.2. The minimum absolute atomic E-state index is 0.249. The van der Waals surface area contributed by atoms with Gasteiger partial charge in [0.2, 0.25) is 5.91 Å². The van der Waals surface area contributed by atoms with Crippen LogP contribution in [0, 0.1) is 0 Å². The number of aryl methyl sites for hydroxylation is 1. The summed E-state index contributed by atoms with van der Waals surface area (Å²) in [6.45, 7) is 3.70. The van der Waals surface area contributed by atoms with Gasteiger partial charge >= 0.3 is 0 Å². The molecule has 0 bridgehead atoms. The summed E-state index contributed by atoms with van der Waals surface area (Å²) < 4.78 is 1.98. The van der Waals surface area contributed by atoms with Gasteiger partial charge in [0, 0.05) is 45.6 Å². The number of likely N-dealkylation sites (N-methyl/N-ethyl adjacent to an activating group) is 1. The second-order valence-corrected chi connectivity index (χ2v) is 4.55. The summed E-state index contributed by atoms with van der Waals surface area (Å²) in [5.41, 5.74) is 1.10. The van der Waals surface area contributed by atoms with Gasteiger partial charge in [-0.1, -0.05) is 0 Å². The molecule has 0 aromatic carbocycles. The van der Waals surface area contributed by atoms with Gasteiger partial charge in [0.1, 0.15) is 0 Å². The Morgan fingerprint density at radius 1 is 1.25 bits per heavy atom. The summed E-state index contributed by atoms with van der Waals surface area (Å²) in [4.78, 5) is 16.2. The first-order chi connectivity index (χ1) is 7.65. The van der Waals surface area contributed by atoms with Gasteiger partial charge in [-0.15, -0.1) is 0 Å². The van der Waals surface area contributed by atoms with Crippen LogP contribution in [0.4, 0.5) is 0 Å². The number of hydrogen-bond acceptors (Lipinski definition) is 2. The SMILES string of the molecule is CN1CCN(C(=O)Cc2ccn(C)c2)CC1. The first-order valence-electron chi connectivity index (χ1n) is 5.72. The van der Waals surface area contributed by atoms with E-state index in [1.165, 1.54) is 0 Å². The van der Waals surface area contributed by atoms with Crippen LogP contribution in [-0.4, -0.2) is 53.5 Å². The number of aromatic nitrogens is 1. The Morgan fingerprint density at radius 2 is 1.94 bits per heavy atom. The van der Waals surface area contributed by atoms with Crippen molar-refractivity contribution in [3.8, 4) is 0 Å². The quantitative estimate of drug-likeness (QED) is 0.720. The first-order valence-corrected chi connectivity index (χ1v) is 5.72. The van der Waals surface area contributed by atoms with Crippen LogP contribution in [0.25, 0.3) is 0 Å². The number of hydrogen-bond donors (Lipinski definition) is 0. The molecule has 16 heavy (non-hydrogen) atoms. The van der Waals surface area contributed by atoms with E-state index < -0.39 is 0 Å². The number of piperazine rings is 1. The molecular formula is C12H19N3O. The molecule has 88 valence electrons. The van der Waals surface area contributed by atoms with Crippen LogP contribution >= 0.6 is 0 Å². The topological polar surface area (TPSA) is 28.5 Å². The number of carbonyl (C=O) groups is 1. The van der Waals surface area contributed by atoms with E-state index in [1.54, 1.807) is 0 Å². The fourth-order valence-corrected chi connectivity index (χ4v) is 2.01. The molecule has 1 amide bonds. The van der Waals surface area contributed by atoms with E-state index in [9.17, 15) is 4.79 Å². The molecule has 1 saturated heterocycles. The molecule has 1 aliphatic heterocycles. The van der Waals surface area contributed by atoms with Crippen LogP contribution < -0.4 is 0 Å². The second-order valence-electron chi connectivity index (χ2n) is 4.55. The summed E-state index contributed by atoms with van der Waals surface area (Å²) in [7, 11) is 4.07. The Bertz CT molecular complexity index is 364. The summed E-state index contributed by atoms with van der Waals surface area (Å²) in [6, 6.07) is 2.01. The highest BCUT2D eigenvalue weighted by Gasteiger charge is 2.18. The predicted octanol–water partition coefficient (Wildman–Crippen LogP) is 0.342. The van der Waals surface area contributed by atoms with Crippen LogP contribution in [0.1, 0.15) is 5.56 Å². The second kappa shape index (κ2) is 4.70. The Hall–Kier alpha value is -1.29. The van der Waals surface area contributed by atoms with Gasteiger partial charge < -0.3 is 14.4 Å². The monoisotopic (exact) mass is 221 g/mol. The van der Waals surface area contributed by atoms with Crippen LogP contribution in [0.3, 0.4) is 0 Å². The molecule has 2 rings (SSSR count). The molecule has 1 fully saturated rings. The van der Waals surface area contributed by atoms with E-state index in [1.807, 2.05) is 35.0 Å². The van der Waals surface area contributed by atoms with E-state index in [0.29, 0.717) is 6.42 Å². The van der Waals surface area contributed by atoms with E-state index in [2.05, 4.69) is 11.9 Å². The van der Waals surface area contributed by atoms with Gasteiger partial charge in [0.15, 0.2) is 0 Å². The van der Waals surface area contributed by atoms with Crippen molar-refractivity contribution >= 4 is 5.91 Å². The van der Waals surface area contributed by atoms with Crippen molar-refractivity contribution in [2.45, 2.75) is 6.42 Å². The lowest BCUT2D eigenvalue weighted by molar-refractivity contribution is -0.132. The fraction of sp³-hybridized carbons (Fsp3) is 0.583. The minimum Gasteiger partial charge on any atom is -0.357 e. The Balaban J connectivity index is 1.88. The summed E-state index contributed by atoms with van der Waals surface area (Å²) in [6.07, 6.45) is 4.52. The van der Waals surface area contributed by atoms with Crippen molar-refractivity contribution < 1.29 is 4.79 Å². The highest BCUT2D eigenvalue weighted by Crippen LogP contribution is 2.06. The van der Waals surface area contributed by atoms with Gasteiger partial charge in [-0.05, 0) is 18.7 Å². The maximum Gasteiger partial charge on any atom is 0.227 e. The largest absolute Gasteiger partial charge is 0.357 e. The predicted molar refractivity (Wildman–Crippen MR) is 63.2 cm³/mol. The Labute approximate surface area is 96.4 Å². The third-order valence-electron chi connectivity index (χ3n) is 3.10. The normalized spacial score (nSPS) is 17.8. The third kappa shape index (κ3) is 2.64. The summed E-state index contributed by atoms with van der Waals surface area (Å²) in [5, 5.41) is 0. The zero-order chi connectivity index (χ0) is 11.5. The van der Waals surface area contributed by atoms with Gasteiger partial charge in [0.05, 0.1) is 6.42 Å². The van der Waals surface area contributed by atoms with Crippen molar-refractivity contribution in [1.82, 2.24) is 14.4 Å². The molecule has 0 N–H and O–H groups in total. The number of amides is 1. The summed E-state index contributed by atoms with van der Waals surface area (Å²) in [5.74, 6) is 0.249. The van der Waals surface area contributed by atoms with Gasteiger partial charge in [-0.3, -0.25) is 4.79 Å². The van der Waals surface area contributed by atoms with Gasteiger partial charge in [-0.2, -0.15) is 0 Å². The maximum absolute atomic E-state index is 12.0. The molecule has 1 aliphatic rings. The highest BCUT2D eigenvalue weighted by molar-refractivity contribution is 5.78. The third-order valence-corrected chi connectivity index (χ3v) is 3.10. The van der Waals surface area contributed by atoms with E-state index in [0.717, 1.165) is 31.7 Å². The lowest BCUT2D eigenvalue weighted by Gasteiger charge is -2.32. The maximum atomic E-state index is 12.0. The van der Waals surface area contributed by atoms with Gasteiger partial charge in [-0.25, -0.2) is 0 Å². The first kappa shape index (κ1) is 11.2. The van der Waals surface area contributed by atoms with Crippen LogP contribution in [0.2, 0.25) is 0 Å². The fourth-order valence-electron chi connectivity index (χ4n) is 2.01. The number of carbonyl (C=O) groups excluding carboxylic acids is 1. The molecule has 0 radical (unpaired) electrons. The molecule has 0 unspecified atom stereocenters. The van der Waals surface area contributed by atoms with Crippen molar-refractivity contribution in [1.29, 1.82) is 0 Å². The van der Waals surface area contributed by atoms with Crippen molar-refractivity contribution in [3.63, 3.8) is 0 Å². The van der Waals surface area contributed by atoms with E-state index >= 15 is 0 Å². The van der Waals surface area contributed by atoms with Crippen molar-refractivity contribution in [2.24, 2.45) is 7.05 Å². The number of rotatable bonds is 2. The van der Waals surface area contributed by atoms with Crippen LogP contribution in [-0.2, 0) is 18.3 Å². The lowest BCUT2D eigenvalue weighted by Crippen LogP contribution is -2.47. The molecule has 1 aromatic rings. The molecular weight excluding hydrogens is 202 g/mol. The van der Waals surface area contributed by atoms with Crippen LogP contribution in [0.15, 0.2) is 18.5 Å². The lowest BCUT2D eigenvalue weighted by atomic mass is 10.2. The van der Waals surface area contributed by atoms with Crippen LogP contribution in [0.5, 0.6) is 0 Å². The zero-order valence-electron chi connectivity index (χ0n) is 10.0. The van der Waals surface area contributed by atoms with E-state index in [4.69, 9.17) is 0 Å². The average molecular weight is 221 g/mol. The smallest absolute Gasteiger partial charge is 0.227 e. The van der Waals surface area contributed by atoms with Crippen molar-refractivity contribution in [2.75, 3.05) is 33.2 Å². The molecule has 0 aliphatic carbocycles. The Morgan fingerprint density at radius 3 is 2.50 bits per heavy atom. The Kier molecular flexibility index (Phi) is 3.29. The molecule has 0 saturated carbocycles. The summed E-state index contributed by atoms with van der Waals surface area (Å²) >= 11 is 0. The molecule has 4 heteroatoms. The standard InChI is InChI=1S/C12H19N3O/c1-13-5-7-15(8-6-13)12(16)9-11-3-4-14(2)10-11/h3-4,10H,5-9H2,1-2H3. The van der Waals surface area contributed by atoms with E-state index in [-0.39, 0.29) is 5.91 Å². The molecule has 1 aromatic heterocycles. The molecule has 0 atom stereocenters. The molecule has 0 spiro atoms. The minimum atomic E-state index is 0.249. The van der Waals surface area contributed by atoms with Gasteiger partial charge in [0.25, 0.3) is 0 Å². The molecule has 4 nitrogen and oxygen atoms in total. The zero-order valence-corrected chi connectivity index (χ0v) is 10.0.